The van der Waals surface area contributed by atoms with Crippen molar-refractivity contribution in [2.45, 2.75) is 19.4 Å². The van der Waals surface area contributed by atoms with Crippen LogP contribution < -0.4 is 10.5 Å². The van der Waals surface area contributed by atoms with Crippen molar-refractivity contribution in [1.82, 2.24) is 4.90 Å². The molecule has 0 saturated carbocycles. The Morgan fingerprint density at radius 3 is 2.72 bits per heavy atom. The van der Waals surface area contributed by atoms with E-state index in [1.165, 1.54) is 17.0 Å². The molecule has 0 fully saturated rings. The lowest BCUT2D eigenvalue weighted by molar-refractivity contribution is -0.129. The predicted octanol–water partition coefficient (Wildman–Crippen LogP) is 1.70. The van der Waals surface area contributed by atoms with Crippen LogP contribution in [0.3, 0.4) is 0 Å². The van der Waals surface area contributed by atoms with Gasteiger partial charge in [0.2, 0.25) is 5.91 Å². The molecule has 0 aliphatic heterocycles. The monoisotopic (exact) mass is 254 g/mol. The molecule has 0 spiro atoms. The van der Waals surface area contributed by atoms with Crippen molar-refractivity contribution in [2.75, 3.05) is 20.7 Å². The van der Waals surface area contributed by atoms with Crippen molar-refractivity contribution in [3.8, 4) is 5.75 Å². The highest BCUT2D eigenvalue weighted by atomic mass is 19.1. The number of amides is 1. The molecule has 1 amide bonds. The highest BCUT2D eigenvalue weighted by molar-refractivity contribution is 5.75. The topological polar surface area (TPSA) is 55.6 Å². The number of nitrogens with two attached hydrogens (primary N) is 1. The zero-order valence-electron chi connectivity index (χ0n) is 10.9. The van der Waals surface area contributed by atoms with Crippen LogP contribution in [0.5, 0.6) is 5.75 Å². The first kappa shape index (κ1) is 14.4. The van der Waals surface area contributed by atoms with E-state index in [-0.39, 0.29) is 30.8 Å². The first-order valence-corrected chi connectivity index (χ1v) is 5.79. The van der Waals surface area contributed by atoms with Crippen LogP contribution in [-0.4, -0.2) is 31.5 Å². The smallest absolute Gasteiger partial charge is 0.225 e. The zero-order valence-corrected chi connectivity index (χ0v) is 10.9. The average Bonchev–Trinajstić information content (AvgIpc) is 2.28. The van der Waals surface area contributed by atoms with E-state index in [2.05, 4.69) is 0 Å². The molecular weight excluding hydrogens is 235 g/mol. The molecule has 1 rings (SSSR count). The summed E-state index contributed by atoms with van der Waals surface area (Å²) in [5.74, 6) is -0.0151. The van der Waals surface area contributed by atoms with Gasteiger partial charge in [0.1, 0.15) is 11.6 Å². The molecule has 18 heavy (non-hydrogen) atoms. The van der Waals surface area contributed by atoms with Crippen molar-refractivity contribution in [2.24, 2.45) is 5.73 Å². The third-order valence-corrected chi connectivity index (χ3v) is 2.54. The summed E-state index contributed by atoms with van der Waals surface area (Å²) in [5.41, 5.74) is 6.50. The van der Waals surface area contributed by atoms with E-state index in [9.17, 15) is 9.18 Å². The molecule has 0 aromatic heterocycles. The van der Waals surface area contributed by atoms with Crippen LogP contribution in [0.4, 0.5) is 4.39 Å². The van der Waals surface area contributed by atoms with Crippen molar-refractivity contribution >= 4 is 5.91 Å². The van der Waals surface area contributed by atoms with Crippen molar-refractivity contribution in [1.29, 1.82) is 0 Å². The standard InChI is InChI=1S/C13H19FN2O2/c1-9(15)11-5-4-10(14)8-12(11)18-7-6-13(17)16(2)3/h4-5,8-9H,6-7,15H2,1-3H3/t9-/m1/s1. The molecule has 2 N–H and O–H groups in total. The summed E-state index contributed by atoms with van der Waals surface area (Å²) in [6.07, 6.45) is 0.252. The normalized spacial score (nSPS) is 12.1. The van der Waals surface area contributed by atoms with E-state index in [1.54, 1.807) is 27.1 Å². The minimum absolute atomic E-state index is 0.0336. The van der Waals surface area contributed by atoms with Crippen molar-refractivity contribution in [3.63, 3.8) is 0 Å². The van der Waals surface area contributed by atoms with Gasteiger partial charge in [-0.05, 0) is 13.0 Å². The van der Waals surface area contributed by atoms with Crippen LogP contribution in [0.1, 0.15) is 24.9 Å². The van der Waals surface area contributed by atoms with Crippen molar-refractivity contribution in [3.05, 3.63) is 29.6 Å². The number of halogens is 1. The molecule has 100 valence electrons. The molecule has 0 bridgehead atoms. The Morgan fingerprint density at radius 2 is 2.17 bits per heavy atom. The number of ether oxygens (including phenoxy) is 1. The number of hydrogen-bond acceptors (Lipinski definition) is 3. The third-order valence-electron chi connectivity index (χ3n) is 2.54. The Hall–Kier alpha value is -1.62. The quantitative estimate of drug-likeness (QED) is 0.870. The lowest BCUT2D eigenvalue weighted by Crippen LogP contribution is -2.23. The highest BCUT2D eigenvalue weighted by Crippen LogP contribution is 2.24. The lowest BCUT2D eigenvalue weighted by atomic mass is 10.1. The SMILES string of the molecule is C[C@@H](N)c1ccc(F)cc1OCCC(=O)N(C)C. The second kappa shape index (κ2) is 6.35. The number of benzene rings is 1. The summed E-state index contributed by atoms with van der Waals surface area (Å²) in [7, 11) is 3.36. The Balaban J connectivity index is 2.66. The molecule has 0 aliphatic carbocycles. The summed E-state index contributed by atoms with van der Waals surface area (Å²) in [6, 6.07) is 3.99. The molecule has 0 saturated heterocycles. The van der Waals surface area contributed by atoms with Gasteiger partial charge in [-0.25, -0.2) is 4.39 Å². The third kappa shape index (κ3) is 4.00. The molecule has 1 aromatic rings. The van der Waals surface area contributed by atoms with E-state index in [1.807, 2.05) is 0 Å². The summed E-state index contributed by atoms with van der Waals surface area (Å²) < 4.78 is 18.6. The van der Waals surface area contributed by atoms with Crippen molar-refractivity contribution < 1.29 is 13.9 Å². The molecule has 0 radical (unpaired) electrons. The number of hydrogen-bond donors (Lipinski definition) is 1. The van der Waals surface area contributed by atoms with E-state index < -0.39 is 0 Å². The maximum Gasteiger partial charge on any atom is 0.225 e. The fraction of sp³-hybridized carbons (Fsp3) is 0.462. The summed E-state index contributed by atoms with van der Waals surface area (Å²) in [4.78, 5) is 12.9. The molecule has 1 atom stereocenters. The van der Waals surface area contributed by atoms with Gasteiger partial charge in [-0.15, -0.1) is 0 Å². The van der Waals surface area contributed by atoms with Gasteiger partial charge in [-0.3, -0.25) is 4.79 Å². The van der Waals surface area contributed by atoms with Gasteiger partial charge >= 0.3 is 0 Å². The second-order valence-electron chi connectivity index (χ2n) is 4.36. The summed E-state index contributed by atoms with van der Waals surface area (Å²) in [6.45, 7) is 2.01. The zero-order chi connectivity index (χ0) is 13.7. The molecule has 5 heteroatoms. The molecule has 0 unspecified atom stereocenters. The van der Waals surface area contributed by atoms with Gasteiger partial charge < -0.3 is 15.4 Å². The molecular formula is C13H19FN2O2. The maximum atomic E-state index is 13.1. The fourth-order valence-electron chi connectivity index (χ4n) is 1.48. The van der Waals surface area contributed by atoms with Gasteiger partial charge in [0.15, 0.2) is 0 Å². The average molecular weight is 254 g/mol. The van der Waals surface area contributed by atoms with Crippen LogP contribution in [0, 0.1) is 5.82 Å². The van der Waals surface area contributed by atoms with E-state index in [0.717, 1.165) is 5.56 Å². The molecule has 4 nitrogen and oxygen atoms in total. The van der Waals surface area contributed by atoms with E-state index >= 15 is 0 Å². The molecule has 1 aromatic carbocycles. The first-order chi connectivity index (χ1) is 8.41. The predicted molar refractivity (Wildman–Crippen MR) is 67.8 cm³/mol. The number of carbonyl (C=O) groups is 1. The Labute approximate surface area is 107 Å². The molecule has 0 heterocycles. The van der Waals surface area contributed by atoms with Gasteiger partial charge in [0.25, 0.3) is 0 Å². The number of rotatable bonds is 5. The van der Waals surface area contributed by atoms with E-state index in [0.29, 0.717) is 5.75 Å². The minimum atomic E-state index is -0.381. The Bertz CT molecular complexity index is 419. The van der Waals surface area contributed by atoms with Gasteiger partial charge in [-0.1, -0.05) is 6.07 Å². The Kier molecular flexibility index (Phi) is 5.09. The first-order valence-electron chi connectivity index (χ1n) is 5.79. The fourth-order valence-corrected chi connectivity index (χ4v) is 1.48. The Morgan fingerprint density at radius 1 is 1.50 bits per heavy atom. The number of carbonyl (C=O) groups excluding carboxylic acids is 1. The lowest BCUT2D eigenvalue weighted by Gasteiger charge is -2.15. The van der Waals surface area contributed by atoms with E-state index in [4.69, 9.17) is 10.5 Å². The van der Waals surface area contributed by atoms with Crippen LogP contribution in [0.2, 0.25) is 0 Å². The molecule has 0 aliphatic rings. The van der Waals surface area contributed by atoms with Crippen LogP contribution in [0.15, 0.2) is 18.2 Å². The summed E-state index contributed by atoms with van der Waals surface area (Å²) >= 11 is 0. The minimum Gasteiger partial charge on any atom is -0.493 e. The van der Waals surface area contributed by atoms with Crippen LogP contribution >= 0.6 is 0 Å². The van der Waals surface area contributed by atoms with Gasteiger partial charge in [0.05, 0.1) is 13.0 Å². The highest BCUT2D eigenvalue weighted by Gasteiger charge is 2.10. The van der Waals surface area contributed by atoms with Gasteiger partial charge in [0, 0.05) is 31.8 Å². The van der Waals surface area contributed by atoms with Crippen LogP contribution in [0.25, 0.3) is 0 Å². The second-order valence-corrected chi connectivity index (χ2v) is 4.36. The maximum absolute atomic E-state index is 13.1. The number of nitrogens with zero attached hydrogens (tertiary/aromatic N) is 1. The summed E-state index contributed by atoms with van der Waals surface area (Å²) in [5, 5.41) is 0. The van der Waals surface area contributed by atoms with Crippen LogP contribution in [-0.2, 0) is 4.79 Å². The largest absolute Gasteiger partial charge is 0.493 e. The van der Waals surface area contributed by atoms with Gasteiger partial charge in [-0.2, -0.15) is 0 Å².